The summed E-state index contributed by atoms with van der Waals surface area (Å²) >= 11 is 7.61. The molecule has 0 spiro atoms. The number of amides is 1. The molecule has 0 bridgehead atoms. The minimum absolute atomic E-state index is 0.0174. The Morgan fingerprint density at radius 3 is 2.74 bits per heavy atom. The predicted molar refractivity (Wildman–Crippen MR) is 81.2 cm³/mol. The van der Waals surface area contributed by atoms with Crippen LogP contribution in [0.25, 0.3) is 10.1 Å². The van der Waals surface area contributed by atoms with Gasteiger partial charge in [-0.1, -0.05) is 31.0 Å². The number of halogens is 1. The van der Waals surface area contributed by atoms with Crippen molar-refractivity contribution in [3.63, 3.8) is 0 Å². The highest BCUT2D eigenvalue weighted by Crippen LogP contribution is 2.32. The number of alkyl halides is 1. The lowest BCUT2D eigenvalue weighted by atomic mass is 10.0. The third-order valence-corrected chi connectivity index (χ3v) is 5.47. The van der Waals surface area contributed by atoms with Crippen LogP contribution in [0.1, 0.15) is 35.4 Å². The van der Waals surface area contributed by atoms with Crippen molar-refractivity contribution in [3.05, 3.63) is 35.2 Å². The van der Waals surface area contributed by atoms with Crippen molar-refractivity contribution >= 4 is 38.9 Å². The summed E-state index contributed by atoms with van der Waals surface area (Å²) in [6.45, 7) is 0. The van der Waals surface area contributed by atoms with E-state index in [0.29, 0.717) is 5.88 Å². The molecule has 3 rings (SSSR count). The molecule has 19 heavy (non-hydrogen) atoms. The number of carbonyl (C=O) groups is 1. The first-order chi connectivity index (χ1) is 9.22. The molecule has 4 heteroatoms. The lowest BCUT2D eigenvalue weighted by molar-refractivity contribution is 0.0913. The fraction of sp³-hybridized carbons (Fsp3) is 0.400. The molecule has 1 heterocycles. The lowest BCUT2D eigenvalue weighted by Gasteiger charge is -2.27. The van der Waals surface area contributed by atoms with Crippen LogP contribution in [0.15, 0.2) is 30.3 Å². The largest absolute Gasteiger partial charge is 0.345 e. The van der Waals surface area contributed by atoms with Crippen LogP contribution >= 0.6 is 22.9 Å². The molecule has 1 saturated carbocycles. The first kappa shape index (κ1) is 12.9. The van der Waals surface area contributed by atoms with E-state index in [4.69, 9.17) is 11.6 Å². The van der Waals surface area contributed by atoms with Gasteiger partial charge in [-0.3, -0.25) is 4.79 Å². The maximum Gasteiger partial charge on any atom is 0.261 e. The SMILES string of the molecule is O=C(NC1(CCl)CCCC1)c1cc2ccccc2s1. The first-order valence-electron chi connectivity index (χ1n) is 6.59. The van der Waals surface area contributed by atoms with Gasteiger partial charge in [-0.05, 0) is 30.4 Å². The second-order valence-electron chi connectivity index (χ2n) is 5.22. The van der Waals surface area contributed by atoms with Gasteiger partial charge in [-0.25, -0.2) is 0 Å². The summed E-state index contributed by atoms with van der Waals surface area (Å²) in [7, 11) is 0. The van der Waals surface area contributed by atoms with Gasteiger partial charge in [0.15, 0.2) is 0 Å². The van der Waals surface area contributed by atoms with E-state index < -0.39 is 0 Å². The molecule has 1 N–H and O–H groups in total. The van der Waals surface area contributed by atoms with Crippen molar-refractivity contribution in [1.82, 2.24) is 5.32 Å². The third-order valence-electron chi connectivity index (χ3n) is 3.84. The van der Waals surface area contributed by atoms with E-state index in [0.717, 1.165) is 40.6 Å². The summed E-state index contributed by atoms with van der Waals surface area (Å²) in [6, 6.07) is 10.0. The van der Waals surface area contributed by atoms with Crippen molar-refractivity contribution < 1.29 is 4.79 Å². The maximum absolute atomic E-state index is 12.4. The molecule has 1 fully saturated rings. The van der Waals surface area contributed by atoms with E-state index in [1.54, 1.807) is 11.3 Å². The van der Waals surface area contributed by atoms with Crippen LogP contribution in [-0.4, -0.2) is 17.3 Å². The summed E-state index contributed by atoms with van der Waals surface area (Å²) in [5.74, 6) is 0.521. The lowest BCUT2D eigenvalue weighted by Crippen LogP contribution is -2.47. The Morgan fingerprint density at radius 1 is 1.32 bits per heavy atom. The first-order valence-corrected chi connectivity index (χ1v) is 7.95. The van der Waals surface area contributed by atoms with Gasteiger partial charge >= 0.3 is 0 Å². The highest BCUT2D eigenvalue weighted by atomic mass is 35.5. The van der Waals surface area contributed by atoms with Gasteiger partial charge in [0.05, 0.1) is 10.4 Å². The smallest absolute Gasteiger partial charge is 0.261 e. The molecule has 0 saturated heterocycles. The number of benzene rings is 1. The van der Waals surface area contributed by atoms with E-state index in [1.165, 1.54) is 0 Å². The van der Waals surface area contributed by atoms with Gasteiger partial charge in [-0.2, -0.15) is 0 Å². The number of nitrogens with one attached hydrogen (secondary N) is 1. The van der Waals surface area contributed by atoms with Crippen molar-refractivity contribution in [2.24, 2.45) is 0 Å². The second-order valence-corrected chi connectivity index (χ2v) is 6.57. The molecule has 1 aliphatic carbocycles. The Hall–Kier alpha value is -1.06. The zero-order valence-corrected chi connectivity index (χ0v) is 12.2. The zero-order valence-electron chi connectivity index (χ0n) is 10.6. The molecule has 1 aliphatic rings. The number of rotatable bonds is 3. The van der Waals surface area contributed by atoms with E-state index >= 15 is 0 Å². The summed E-state index contributed by atoms with van der Waals surface area (Å²) < 4.78 is 1.15. The topological polar surface area (TPSA) is 29.1 Å². The number of fused-ring (bicyclic) bond motifs is 1. The van der Waals surface area contributed by atoms with E-state index in [9.17, 15) is 4.79 Å². The molecule has 0 atom stereocenters. The maximum atomic E-state index is 12.4. The van der Waals surface area contributed by atoms with Crippen molar-refractivity contribution in [2.45, 2.75) is 31.2 Å². The third kappa shape index (κ3) is 2.49. The number of thiophene rings is 1. The van der Waals surface area contributed by atoms with Crippen LogP contribution in [0.4, 0.5) is 0 Å². The monoisotopic (exact) mass is 293 g/mol. The Morgan fingerprint density at radius 2 is 2.05 bits per heavy atom. The van der Waals surface area contributed by atoms with Crippen molar-refractivity contribution in [3.8, 4) is 0 Å². The molecule has 0 aliphatic heterocycles. The van der Waals surface area contributed by atoms with E-state index in [2.05, 4.69) is 5.32 Å². The summed E-state index contributed by atoms with van der Waals surface area (Å²) in [4.78, 5) is 13.2. The average molecular weight is 294 g/mol. The predicted octanol–water partition coefficient (Wildman–Crippen LogP) is 4.18. The summed E-state index contributed by atoms with van der Waals surface area (Å²) in [5, 5.41) is 4.29. The van der Waals surface area contributed by atoms with Gasteiger partial charge in [0.2, 0.25) is 0 Å². The van der Waals surface area contributed by atoms with Crippen LogP contribution in [0.2, 0.25) is 0 Å². The Bertz CT molecular complexity index is 568. The molecular weight excluding hydrogens is 278 g/mol. The fourth-order valence-corrected chi connectivity index (χ4v) is 4.03. The quantitative estimate of drug-likeness (QED) is 0.845. The number of hydrogen-bond acceptors (Lipinski definition) is 2. The van der Waals surface area contributed by atoms with Crippen LogP contribution in [0.3, 0.4) is 0 Å². The van der Waals surface area contributed by atoms with Crippen LogP contribution in [-0.2, 0) is 0 Å². The van der Waals surface area contributed by atoms with Gasteiger partial charge in [0.25, 0.3) is 5.91 Å². The molecule has 2 nitrogen and oxygen atoms in total. The molecular formula is C15H16ClNOS. The van der Waals surface area contributed by atoms with E-state index in [1.807, 2.05) is 30.3 Å². The molecule has 1 amide bonds. The zero-order chi connectivity index (χ0) is 13.3. The second kappa shape index (κ2) is 5.14. The Labute approximate surface area is 121 Å². The Balaban J connectivity index is 1.83. The summed E-state index contributed by atoms with van der Waals surface area (Å²) in [5.41, 5.74) is -0.186. The molecule has 100 valence electrons. The average Bonchev–Trinajstić information content (AvgIpc) is 3.05. The van der Waals surface area contributed by atoms with Crippen molar-refractivity contribution in [1.29, 1.82) is 0 Å². The summed E-state index contributed by atoms with van der Waals surface area (Å²) in [6.07, 6.45) is 4.29. The number of carbonyl (C=O) groups excluding carboxylic acids is 1. The van der Waals surface area contributed by atoms with Gasteiger partial charge in [0, 0.05) is 10.6 Å². The highest BCUT2D eigenvalue weighted by Gasteiger charge is 2.34. The van der Waals surface area contributed by atoms with Gasteiger partial charge < -0.3 is 5.32 Å². The minimum atomic E-state index is -0.186. The minimum Gasteiger partial charge on any atom is -0.345 e. The standard InChI is InChI=1S/C15H16ClNOS/c16-10-15(7-3-4-8-15)17-14(18)13-9-11-5-1-2-6-12(11)19-13/h1-2,5-6,9H,3-4,7-8,10H2,(H,17,18). The molecule has 0 radical (unpaired) electrons. The van der Waals surface area contributed by atoms with Gasteiger partial charge in [0.1, 0.15) is 0 Å². The fourth-order valence-electron chi connectivity index (χ4n) is 2.74. The van der Waals surface area contributed by atoms with Crippen molar-refractivity contribution in [2.75, 3.05) is 5.88 Å². The molecule has 0 unspecified atom stereocenters. The molecule has 1 aromatic carbocycles. The van der Waals surface area contributed by atoms with Gasteiger partial charge in [-0.15, -0.1) is 22.9 Å². The van der Waals surface area contributed by atoms with Crippen LogP contribution in [0.5, 0.6) is 0 Å². The highest BCUT2D eigenvalue weighted by molar-refractivity contribution is 7.20. The van der Waals surface area contributed by atoms with Crippen LogP contribution < -0.4 is 5.32 Å². The number of hydrogen-bond donors (Lipinski definition) is 1. The van der Waals surface area contributed by atoms with Crippen LogP contribution in [0, 0.1) is 0 Å². The normalized spacial score (nSPS) is 17.7. The molecule has 2 aromatic rings. The van der Waals surface area contributed by atoms with E-state index in [-0.39, 0.29) is 11.4 Å². The Kier molecular flexibility index (Phi) is 3.50. The molecule has 1 aromatic heterocycles.